The minimum atomic E-state index is -0.452. The second-order valence-corrected chi connectivity index (χ2v) is 7.94. The van der Waals surface area contributed by atoms with Crippen LogP contribution in [-0.4, -0.2) is 52.7 Å². The molecule has 1 fully saturated rings. The Balaban J connectivity index is 1.55. The number of aliphatic imine (C=N–C) groups is 1. The van der Waals surface area contributed by atoms with Gasteiger partial charge in [0.2, 0.25) is 0 Å². The fourth-order valence-corrected chi connectivity index (χ4v) is 3.38. The maximum absolute atomic E-state index is 14.0. The van der Waals surface area contributed by atoms with Gasteiger partial charge in [0.25, 0.3) is 6.02 Å². The molecule has 2 N–H and O–H groups in total. The summed E-state index contributed by atoms with van der Waals surface area (Å²) in [5, 5.41) is 4.00. The minimum absolute atomic E-state index is 0.278. The third-order valence-corrected chi connectivity index (χ3v) is 5.35. The number of benzene rings is 2. The van der Waals surface area contributed by atoms with Gasteiger partial charge in [-0.3, -0.25) is 4.90 Å². The highest BCUT2D eigenvalue weighted by Crippen LogP contribution is 2.24. The summed E-state index contributed by atoms with van der Waals surface area (Å²) in [6.07, 6.45) is 4.37. The molecule has 0 aromatic heterocycles. The molecule has 3 rings (SSSR count). The van der Waals surface area contributed by atoms with Crippen molar-refractivity contribution in [3.63, 3.8) is 0 Å². The zero-order valence-electron chi connectivity index (χ0n) is 19.8. The first-order valence-electron chi connectivity index (χ1n) is 11.4. The fourth-order valence-electron chi connectivity index (χ4n) is 3.38. The largest absolute Gasteiger partial charge is 0.489 e. The lowest BCUT2D eigenvalue weighted by atomic mass is 10.0. The van der Waals surface area contributed by atoms with Crippen LogP contribution >= 0.6 is 0 Å². The molecule has 0 radical (unpaired) electrons. The van der Waals surface area contributed by atoms with Crippen molar-refractivity contribution in [3.8, 4) is 11.5 Å². The number of nitrogens with zero attached hydrogens (tertiary/aromatic N) is 3. The number of methoxy groups -OCH3 is 1. The number of nitrogens with two attached hydrogens (primary N) is 1. The molecule has 1 aliphatic rings. The average Bonchev–Trinajstić information content (AvgIpc) is 2.86. The Hall–Kier alpha value is -3.17. The molecule has 34 heavy (non-hydrogen) atoms. The van der Waals surface area contributed by atoms with E-state index >= 15 is 0 Å². The van der Waals surface area contributed by atoms with Gasteiger partial charge in [0, 0.05) is 62.8 Å². The van der Waals surface area contributed by atoms with Crippen molar-refractivity contribution in [1.82, 2.24) is 0 Å². The molecule has 8 nitrogen and oxygen atoms in total. The second-order valence-electron chi connectivity index (χ2n) is 7.94. The SMILES string of the molecule is CO/C(=N\CCCN)N(C)c1ccc(COc2cc(F)cc(ON=CC3CCOCC3)c2)cc1. The lowest BCUT2D eigenvalue weighted by Gasteiger charge is -2.20. The number of hydrogen-bond acceptors (Lipinski definition) is 7. The monoisotopic (exact) mass is 472 g/mol. The molecule has 0 aliphatic carbocycles. The summed E-state index contributed by atoms with van der Waals surface area (Å²) in [6.45, 7) is 2.92. The summed E-state index contributed by atoms with van der Waals surface area (Å²) in [4.78, 5) is 11.6. The van der Waals surface area contributed by atoms with Gasteiger partial charge in [0.15, 0.2) is 5.75 Å². The van der Waals surface area contributed by atoms with Crippen molar-refractivity contribution in [2.24, 2.45) is 21.8 Å². The summed E-state index contributed by atoms with van der Waals surface area (Å²) >= 11 is 0. The van der Waals surface area contributed by atoms with E-state index in [4.69, 9.17) is 24.8 Å². The number of oxime groups is 1. The third kappa shape index (κ3) is 8.00. The summed E-state index contributed by atoms with van der Waals surface area (Å²) in [7, 11) is 3.47. The molecule has 0 spiro atoms. The first-order valence-corrected chi connectivity index (χ1v) is 11.4. The Bertz CT molecular complexity index is 946. The van der Waals surface area contributed by atoms with E-state index in [1.54, 1.807) is 19.4 Å². The first kappa shape index (κ1) is 25.5. The van der Waals surface area contributed by atoms with E-state index in [2.05, 4.69) is 10.1 Å². The van der Waals surface area contributed by atoms with Gasteiger partial charge in [-0.2, -0.15) is 0 Å². The summed E-state index contributed by atoms with van der Waals surface area (Å²) < 4.78 is 30.5. The van der Waals surface area contributed by atoms with E-state index in [9.17, 15) is 4.39 Å². The molecule has 1 saturated heterocycles. The quantitative estimate of drug-likeness (QED) is 0.243. The van der Waals surface area contributed by atoms with E-state index in [0.717, 1.165) is 43.7 Å². The van der Waals surface area contributed by atoms with Gasteiger partial charge < -0.3 is 24.8 Å². The van der Waals surface area contributed by atoms with Gasteiger partial charge in [0.1, 0.15) is 18.2 Å². The second kappa shape index (κ2) is 13.5. The van der Waals surface area contributed by atoms with Crippen LogP contribution in [-0.2, 0) is 16.1 Å². The standard InChI is InChI=1S/C25H33FN4O4/c1-30(25(31-2)28-11-3-10-27)22-6-4-20(5-7-22)18-33-23-14-21(26)15-24(16-23)34-29-17-19-8-12-32-13-9-19/h4-7,14-17,19H,3,8-13,18,27H2,1-2H3/b28-25-,29-17?. The van der Waals surface area contributed by atoms with Crippen LogP contribution < -0.4 is 20.2 Å². The smallest absolute Gasteiger partial charge is 0.291 e. The third-order valence-electron chi connectivity index (χ3n) is 5.35. The van der Waals surface area contributed by atoms with Crippen LogP contribution in [0.2, 0.25) is 0 Å². The summed E-state index contributed by atoms with van der Waals surface area (Å²) in [5.74, 6) is 0.520. The highest BCUT2D eigenvalue weighted by molar-refractivity contribution is 5.91. The molecule has 184 valence electrons. The zero-order chi connectivity index (χ0) is 24.2. The maximum Gasteiger partial charge on any atom is 0.291 e. The molecule has 1 heterocycles. The lowest BCUT2D eigenvalue weighted by molar-refractivity contribution is 0.0833. The van der Waals surface area contributed by atoms with Crippen molar-refractivity contribution >= 4 is 17.9 Å². The van der Waals surface area contributed by atoms with Gasteiger partial charge in [-0.15, -0.1) is 0 Å². The summed E-state index contributed by atoms with van der Waals surface area (Å²) in [6, 6.07) is 12.5. The number of halogens is 1. The van der Waals surface area contributed by atoms with E-state index < -0.39 is 5.82 Å². The van der Waals surface area contributed by atoms with Crippen LogP contribution in [0.5, 0.6) is 11.5 Å². The molecule has 0 amide bonds. The predicted octanol–water partition coefficient (Wildman–Crippen LogP) is 3.98. The lowest BCUT2D eigenvalue weighted by Crippen LogP contribution is -2.28. The number of amidine groups is 1. The Kier molecular flexibility index (Phi) is 10.1. The van der Waals surface area contributed by atoms with Crippen molar-refractivity contribution < 1.29 is 23.4 Å². The molecule has 2 aromatic carbocycles. The normalized spacial score (nSPS) is 14.9. The fraction of sp³-hybridized carbons (Fsp3) is 0.440. The number of ether oxygens (including phenoxy) is 3. The van der Waals surface area contributed by atoms with Gasteiger partial charge in [-0.25, -0.2) is 9.38 Å². The van der Waals surface area contributed by atoms with Crippen LogP contribution in [0.3, 0.4) is 0 Å². The number of rotatable bonds is 10. The van der Waals surface area contributed by atoms with Crippen LogP contribution in [0.1, 0.15) is 24.8 Å². The van der Waals surface area contributed by atoms with Gasteiger partial charge >= 0.3 is 0 Å². The Morgan fingerprint density at radius 2 is 1.91 bits per heavy atom. The first-order chi connectivity index (χ1) is 16.6. The number of anilines is 1. The van der Waals surface area contributed by atoms with Gasteiger partial charge in [0.05, 0.1) is 7.11 Å². The molecule has 2 aromatic rings. The van der Waals surface area contributed by atoms with Crippen LogP contribution in [0.4, 0.5) is 10.1 Å². The molecule has 1 aliphatic heterocycles. The number of hydrogen-bond donors (Lipinski definition) is 1. The molecular formula is C25H33FN4O4. The van der Waals surface area contributed by atoms with Gasteiger partial charge in [-0.1, -0.05) is 17.3 Å². The average molecular weight is 473 g/mol. The highest BCUT2D eigenvalue weighted by atomic mass is 19.1. The topological polar surface area (TPSA) is 90.9 Å². The Morgan fingerprint density at radius 3 is 2.62 bits per heavy atom. The Labute approximate surface area is 200 Å². The molecule has 0 saturated carbocycles. The maximum atomic E-state index is 14.0. The minimum Gasteiger partial charge on any atom is -0.489 e. The van der Waals surface area contributed by atoms with Crippen molar-refractivity contribution in [3.05, 3.63) is 53.8 Å². The van der Waals surface area contributed by atoms with Gasteiger partial charge in [-0.05, 0) is 43.5 Å². The predicted molar refractivity (Wildman–Crippen MR) is 131 cm³/mol. The van der Waals surface area contributed by atoms with E-state index in [1.807, 2.05) is 36.2 Å². The molecule has 0 bridgehead atoms. The van der Waals surface area contributed by atoms with E-state index in [0.29, 0.717) is 30.8 Å². The van der Waals surface area contributed by atoms with E-state index in [-0.39, 0.29) is 12.4 Å². The molecule has 0 atom stereocenters. The Morgan fingerprint density at radius 1 is 1.18 bits per heavy atom. The van der Waals surface area contributed by atoms with Crippen molar-refractivity contribution in [2.75, 3.05) is 45.4 Å². The highest BCUT2D eigenvalue weighted by Gasteiger charge is 2.12. The molecule has 9 heteroatoms. The summed E-state index contributed by atoms with van der Waals surface area (Å²) in [5.41, 5.74) is 7.37. The molecular weight excluding hydrogens is 439 g/mol. The van der Waals surface area contributed by atoms with Crippen molar-refractivity contribution in [2.45, 2.75) is 25.9 Å². The van der Waals surface area contributed by atoms with Crippen LogP contribution in [0.15, 0.2) is 52.6 Å². The molecule has 0 unspecified atom stereocenters. The van der Waals surface area contributed by atoms with Crippen LogP contribution in [0.25, 0.3) is 0 Å². The van der Waals surface area contributed by atoms with E-state index in [1.165, 1.54) is 12.1 Å². The zero-order valence-corrected chi connectivity index (χ0v) is 19.8. The van der Waals surface area contributed by atoms with Crippen molar-refractivity contribution in [1.29, 1.82) is 0 Å². The van der Waals surface area contributed by atoms with Crippen LogP contribution in [0, 0.1) is 11.7 Å².